The zero-order valence-corrected chi connectivity index (χ0v) is 17.1. The number of aryl methyl sites for hydroxylation is 1. The summed E-state index contributed by atoms with van der Waals surface area (Å²) >= 11 is 0. The van der Waals surface area contributed by atoms with Gasteiger partial charge in [-0.05, 0) is 23.3 Å². The predicted molar refractivity (Wildman–Crippen MR) is 116 cm³/mol. The maximum absolute atomic E-state index is 13.0. The Hall–Kier alpha value is -3.81. The van der Waals surface area contributed by atoms with Crippen molar-refractivity contribution in [2.75, 3.05) is 12.4 Å². The van der Waals surface area contributed by atoms with Crippen LogP contribution in [0.1, 0.15) is 11.1 Å². The van der Waals surface area contributed by atoms with Crippen molar-refractivity contribution in [1.82, 2.24) is 18.7 Å². The van der Waals surface area contributed by atoms with Crippen molar-refractivity contribution in [3.05, 3.63) is 86.6 Å². The molecule has 2 aromatic heterocycles. The topological polar surface area (TPSA) is 83.1 Å². The van der Waals surface area contributed by atoms with Crippen molar-refractivity contribution < 1.29 is 4.74 Å². The van der Waals surface area contributed by atoms with Crippen LogP contribution in [0.2, 0.25) is 0 Å². The number of hydrogen-bond acceptors (Lipinski definition) is 5. The second kappa shape index (κ2) is 7.90. The molecular weight excluding hydrogens is 382 g/mol. The van der Waals surface area contributed by atoms with E-state index in [0.717, 1.165) is 21.4 Å². The largest absolute Gasteiger partial charge is 0.497 e. The monoisotopic (exact) mass is 405 g/mol. The normalized spacial score (nSPS) is 11.0. The van der Waals surface area contributed by atoms with Gasteiger partial charge < -0.3 is 10.1 Å². The number of imidazole rings is 1. The average Bonchev–Trinajstić information content (AvgIpc) is 3.14. The van der Waals surface area contributed by atoms with E-state index in [1.165, 1.54) is 11.6 Å². The molecule has 0 fully saturated rings. The predicted octanol–water partition coefficient (Wildman–Crippen LogP) is 2.10. The lowest BCUT2D eigenvalue weighted by atomic mass is 10.2. The molecule has 0 saturated carbocycles. The number of anilines is 1. The van der Waals surface area contributed by atoms with Gasteiger partial charge in [-0.25, -0.2) is 4.79 Å². The van der Waals surface area contributed by atoms with E-state index < -0.39 is 5.69 Å². The van der Waals surface area contributed by atoms with Crippen LogP contribution in [0.4, 0.5) is 5.95 Å². The minimum atomic E-state index is -0.409. The zero-order chi connectivity index (χ0) is 21.3. The lowest BCUT2D eigenvalue weighted by Gasteiger charge is -2.12. The third-order valence-electron chi connectivity index (χ3n) is 5.12. The van der Waals surface area contributed by atoms with Crippen molar-refractivity contribution in [3.8, 4) is 5.75 Å². The molecule has 0 aliphatic rings. The molecule has 0 aliphatic heterocycles. The first-order valence-corrected chi connectivity index (χ1v) is 9.56. The van der Waals surface area contributed by atoms with Gasteiger partial charge in [0.15, 0.2) is 11.2 Å². The number of aromatic nitrogens is 4. The molecule has 0 aliphatic carbocycles. The van der Waals surface area contributed by atoms with Crippen LogP contribution < -0.4 is 21.3 Å². The molecule has 30 heavy (non-hydrogen) atoms. The summed E-state index contributed by atoms with van der Waals surface area (Å²) in [5.41, 5.74) is 1.97. The molecule has 0 saturated heterocycles. The summed E-state index contributed by atoms with van der Waals surface area (Å²) < 4.78 is 9.64. The summed E-state index contributed by atoms with van der Waals surface area (Å²) in [6, 6.07) is 17.6. The lowest BCUT2D eigenvalue weighted by Crippen LogP contribution is -2.37. The number of hydrogen-bond donors (Lipinski definition) is 1. The van der Waals surface area contributed by atoms with Crippen molar-refractivity contribution >= 4 is 17.1 Å². The molecular formula is C22H23N5O3. The Kier molecular flexibility index (Phi) is 5.14. The first-order valence-electron chi connectivity index (χ1n) is 9.56. The molecule has 154 valence electrons. The third kappa shape index (κ3) is 3.47. The zero-order valence-electron chi connectivity index (χ0n) is 17.1. The fourth-order valence-electron chi connectivity index (χ4n) is 3.47. The van der Waals surface area contributed by atoms with E-state index in [-0.39, 0.29) is 5.56 Å². The smallest absolute Gasteiger partial charge is 0.332 e. The van der Waals surface area contributed by atoms with Crippen LogP contribution >= 0.6 is 0 Å². The van der Waals surface area contributed by atoms with Gasteiger partial charge in [0.25, 0.3) is 5.56 Å². The van der Waals surface area contributed by atoms with E-state index in [4.69, 9.17) is 4.74 Å². The molecule has 8 nitrogen and oxygen atoms in total. The van der Waals surface area contributed by atoms with Gasteiger partial charge in [0.1, 0.15) is 5.75 Å². The first-order chi connectivity index (χ1) is 14.5. The van der Waals surface area contributed by atoms with E-state index in [1.54, 1.807) is 14.2 Å². The van der Waals surface area contributed by atoms with Crippen LogP contribution in [-0.2, 0) is 27.2 Å². The molecule has 2 aromatic carbocycles. The molecule has 4 aromatic rings. The van der Waals surface area contributed by atoms with Crippen molar-refractivity contribution in [2.45, 2.75) is 13.1 Å². The molecule has 0 amide bonds. The Balaban J connectivity index is 1.85. The highest BCUT2D eigenvalue weighted by atomic mass is 16.5. The van der Waals surface area contributed by atoms with Crippen LogP contribution in [0.25, 0.3) is 11.2 Å². The number of methoxy groups -OCH3 is 1. The standard InChI is InChI=1S/C22H23N5O3/c1-25-19-18(20(28)26(2)22(25)29)27(14-16-10-7-11-17(12-16)30-3)21(24-19)23-13-15-8-5-4-6-9-15/h4-12H,13-14H2,1-3H3,(H,23,24). The van der Waals surface area contributed by atoms with Crippen LogP contribution in [0.5, 0.6) is 5.75 Å². The number of rotatable bonds is 6. The summed E-state index contributed by atoms with van der Waals surface area (Å²) in [4.78, 5) is 29.9. The van der Waals surface area contributed by atoms with E-state index in [2.05, 4.69) is 10.3 Å². The molecule has 0 atom stereocenters. The molecule has 2 heterocycles. The fourth-order valence-corrected chi connectivity index (χ4v) is 3.47. The van der Waals surface area contributed by atoms with Crippen molar-refractivity contribution in [3.63, 3.8) is 0 Å². The van der Waals surface area contributed by atoms with Gasteiger partial charge in [-0.15, -0.1) is 0 Å². The molecule has 4 rings (SSSR count). The minimum absolute atomic E-state index is 0.349. The lowest BCUT2D eigenvalue weighted by molar-refractivity contribution is 0.414. The van der Waals surface area contributed by atoms with Crippen LogP contribution in [-0.4, -0.2) is 25.8 Å². The third-order valence-corrected chi connectivity index (χ3v) is 5.12. The van der Waals surface area contributed by atoms with E-state index in [1.807, 2.05) is 59.2 Å². The van der Waals surface area contributed by atoms with E-state index in [0.29, 0.717) is 30.2 Å². The highest BCUT2D eigenvalue weighted by molar-refractivity contribution is 5.74. The SMILES string of the molecule is COc1cccc(Cn2c(NCc3ccccc3)nc3c2c(=O)n(C)c(=O)n3C)c1. The minimum Gasteiger partial charge on any atom is -0.497 e. The first kappa shape index (κ1) is 19.5. The summed E-state index contributed by atoms with van der Waals surface area (Å²) in [5, 5.41) is 3.32. The highest BCUT2D eigenvalue weighted by Crippen LogP contribution is 2.20. The summed E-state index contributed by atoms with van der Waals surface area (Å²) in [5.74, 6) is 1.26. The number of fused-ring (bicyclic) bond motifs is 1. The van der Waals surface area contributed by atoms with Crippen LogP contribution in [0, 0.1) is 0 Å². The van der Waals surface area contributed by atoms with Gasteiger partial charge in [0, 0.05) is 20.6 Å². The quantitative estimate of drug-likeness (QED) is 0.531. The Morgan fingerprint density at radius 3 is 2.43 bits per heavy atom. The van der Waals surface area contributed by atoms with Gasteiger partial charge in [-0.2, -0.15) is 4.98 Å². The van der Waals surface area contributed by atoms with Gasteiger partial charge in [0.05, 0.1) is 13.7 Å². The Morgan fingerprint density at radius 1 is 0.967 bits per heavy atom. The summed E-state index contributed by atoms with van der Waals surface area (Å²) in [6.45, 7) is 0.939. The van der Waals surface area contributed by atoms with Crippen LogP contribution in [0.15, 0.2) is 64.2 Å². The molecule has 1 N–H and O–H groups in total. The van der Waals surface area contributed by atoms with E-state index in [9.17, 15) is 9.59 Å². The van der Waals surface area contributed by atoms with Gasteiger partial charge in [-0.3, -0.25) is 18.5 Å². The van der Waals surface area contributed by atoms with Gasteiger partial charge in [-0.1, -0.05) is 42.5 Å². The average molecular weight is 405 g/mol. The number of ether oxygens (including phenoxy) is 1. The van der Waals surface area contributed by atoms with Gasteiger partial charge >= 0.3 is 5.69 Å². The van der Waals surface area contributed by atoms with Crippen molar-refractivity contribution in [1.29, 1.82) is 0 Å². The van der Waals surface area contributed by atoms with Crippen LogP contribution in [0.3, 0.4) is 0 Å². The maximum Gasteiger partial charge on any atom is 0.332 e. The molecule has 0 bridgehead atoms. The summed E-state index contributed by atoms with van der Waals surface area (Å²) in [6.07, 6.45) is 0. The fraction of sp³-hybridized carbons (Fsp3) is 0.227. The van der Waals surface area contributed by atoms with E-state index >= 15 is 0 Å². The number of benzene rings is 2. The van der Waals surface area contributed by atoms with Crippen molar-refractivity contribution in [2.24, 2.45) is 14.1 Å². The maximum atomic E-state index is 13.0. The van der Waals surface area contributed by atoms with Gasteiger partial charge in [0.2, 0.25) is 5.95 Å². The Labute approximate surface area is 173 Å². The number of nitrogens with one attached hydrogen (secondary N) is 1. The second-order valence-electron chi connectivity index (χ2n) is 7.09. The summed E-state index contributed by atoms with van der Waals surface area (Å²) in [7, 11) is 4.71. The molecule has 0 unspecified atom stereocenters. The second-order valence-corrected chi connectivity index (χ2v) is 7.09. The molecule has 8 heteroatoms. The highest BCUT2D eigenvalue weighted by Gasteiger charge is 2.19. The Bertz CT molecular complexity index is 1320. The molecule has 0 spiro atoms. The molecule has 0 radical (unpaired) electrons. The number of nitrogens with zero attached hydrogens (tertiary/aromatic N) is 4. The Morgan fingerprint density at radius 2 is 1.70 bits per heavy atom.